The van der Waals surface area contributed by atoms with E-state index in [9.17, 15) is 4.79 Å². The van der Waals surface area contributed by atoms with Gasteiger partial charge in [0.15, 0.2) is 5.43 Å². The molecule has 0 unspecified atom stereocenters. The zero-order valence-corrected chi connectivity index (χ0v) is 13.5. The smallest absolute Gasteiger partial charge is 0.193 e. The third-order valence-electron chi connectivity index (χ3n) is 3.06. The Kier molecular flexibility index (Phi) is 3.76. The van der Waals surface area contributed by atoms with Gasteiger partial charge in [0.2, 0.25) is 0 Å². The van der Waals surface area contributed by atoms with Crippen molar-refractivity contribution in [2.45, 2.75) is 3.74 Å². The van der Waals surface area contributed by atoms with E-state index >= 15 is 0 Å². The van der Waals surface area contributed by atoms with Crippen molar-refractivity contribution in [2.24, 2.45) is 0 Å². The van der Waals surface area contributed by atoms with Crippen LogP contribution in [0.5, 0.6) is 0 Å². The van der Waals surface area contributed by atoms with E-state index in [1.54, 1.807) is 6.07 Å². The first-order chi connectivity index (χ1) is 9.65. The first-order valence-electron chi connectivity index (χ1n) is 6.06. The third-order valence-corrected chi connectivity index (χ3v) is 4.12. The van der Waals surface area contributed by atoms with Crippen LogP contribution < -0.4 is 5.43 Å². The molecule has 1 aromatic heterocycles. The highest BCUT2D eigenvalue weighted by atomic mass is 79.9. The SMILES string of the molecule is O=c1cc(-c2ccccc2)oc2ccc(C(Br)Br)cc12. The minimum absolute atomic E-state index is 0.0209. The lowest BCUT2D eigenvalue weighted by atomic mass is 10.1. The van der Waals surface area contributed by atoms with Gasteiger partial charge in [0.05, 0.1) is 9.12 Å². The molecule has 0 saturated carbocycles. The van der Waals surface area contributed by atoms with E-state index in [-0.39, 0.29) is 9.17 Å². The molecule has 0 fully saturated rings. The van der Waals surface area contributed by atoms with Crippen molar-refractivity contribution in [2.75, 3.05) is 0 Å². The molecule has 0 aliphatic heterocycles. The predicted octanol–water partition coefficient (Wildman–Crippen LogP) is 5.25. The molecule has 1 heterocycles. The summed E-state index contributed by atoms with van der Waals surface area (Å²) in [6.07, 6.45) is 0. The molecule has 0 atom stereocenters. The fourth-order valence-electron chi connectivity index (χ4n) is 2.05. The van der Waals surface area contributed by atoms with Crippen LogP contribution in [-0.2, 0) is 0 Å². The predicted molar refractivity (Wildman–Crippen MR) is 88.5 cm³/mol. The molecular weight excluding hydrogens is 384 g/mol. The van der Waals surface area contributed by atoms with E-state index in [0.29, 0.717) is 16.7 Å². The van der Waals surface area contributed by atoms with Crippen molar-refractivity contribution in [3.63, 3.8) is 0 Å². The number of hydrogen-bond donors (Lipinski definition) is 0. The summed E-state index contributed by atoms with van der Waals surface area (Å²) in [6.45, 7) is 0. The van der Waals surface area contributed by atoms with Crippen LogP contribution in [0.15, 0.2) is 63.8 Å². The average Bonchev–Trinajstić information content (AvgIpc) is 2.47. The van der Waals surface area contributed by atoms with E-state index < -0.39 is 0 Å². The lowest BCUT2D eigenvalue weighted by molar-refractivity contribution is 0.619. The summed E-state index contributed by atoms with van der Waals surface area (Å²) in [6, 6.07) is 16.7. The second kappa shape index (κ2) is 5.54. The van der Waals surface area contributed by atoms with Crippen LogP contribution in [0.3, 0.4) is 0 Å². The van der Waals surface area contributed by atoms with Gasteiger partial charge in [-0.1, -0.05) is 68.3 Å². The molecule has 0 aliphatic carbocycles. The number of rotatable bonds is 2. The van der Waals surface area contributed by atoms with Gasteiger partial charge in [-0.25, -0.2) is 0 Å². The molecule has 0 amide bonds. The maximum atomic E-state index is 12.3. The summed E-state index contributed by atoms with van der Waals surface area (Å²) >= 11 is 6.86. The van der Waals surface area contributed by atoms with Crippen LogP contribution in [0.25, 0.3) is 22.3 Å². The van der Waals surface area contributed by atoms with Gasteiger partial charge in [-0.15, -0.1) is 0 Å². The van der Waals surface area contributed by atoms with Gasteiger partial charge >= 0.3 is 0 Å². The van der Waals surface area contributed by atoms with Gasteiger partial charge in [-0.05, 0) is 17.7 Å². The maximum Gasteiger partial charge on any atom is 0.193 e. The fourth-order valence-corrected chi connectivity index (χ4v) is 2.62. The van der Waals surface area contributed by atoms with E-state index in [0.717, 1.165) is 11.1 Å². The van der Waals surface area contributed by atoms with Gasteiger partial charge < -0.3 is 4.42 Å². The highest BCUT2D eigenvalue weighted by molar-refractivity contribution is 9.24. The molecule has 0 bridgehead atoms. The van der Waals surface area contributed by atoms with Gasteiger partial charge in [-0.3, -0.25) is 4.79 Å². The lowest BCUT2D eigenvalue weighted by Crippen LogP contribution is -2.01. The Morgan fingerprint density at radius 3 is 2.40 bits per heavy atom. The first-order valence-corrected chi connectivity index (χ1v) is 7.89. The molecule has 4 heteroatoms. The molecule has 2 nitrogen and oxygen atoms in total. The fraction of sp³-hybridized carbons (Fsp3) is 0.0625. The molecule has 0 saturated heterocycles. The monoisotopic (exact) mass is 392 g/mol. The number of halogens is 2. The number of alkyl halides is 2. The van der Waals surface area contributed by atoms with E-state index in [2.05, 4.69) is 31.9 Å². The standard InChI is InChI=1S/C16H10Br2O2/c17-16(18)11-6-7-14-12(8-11)13(19)9-15(20-14)10-4-2-1-3-5-10/h1-9,16H. The van der Waals surface area contributed by atoms with E-state index in [1.807, 2.05) is 48.5 Å². The third kappa shape index (κ3) is 2.58. The van der Waals surface area contributed by atoms with Crippen LogP contribution in [0, 0.1) is 0 Å². The zero-order chi connectivity index (χ0) is 14.1. The topological polar surface area (TPSA) is 30.2 Å². The largest absolute Gasteiger partial charge is 0.456 e. The Labute approximate surface area is 132 Å². The second-order valence-electron chi connectivity index (χ2n) is 4.40. The normalized spacial score (nSPS) is 11.2. The average molecular weight is 394 g/mol. The number of fused-ring (bicyclic) bond motifs is 1. The van der Waals surface area contributed by atoms with Gasteiger partial charge in [0.1, 0.15) is 11.3 Å². The molecule has 20 heavy (non-hydrogen) atoms. The summed E-state index contributed by atoms with van der Waals surface area (Å²) < 4.78 is 5.85. The van der Waals surface area contributed by atoms with Crippen LogP contribution in [0.2, 0.25) is 0 Å². The summed E-state index contributed by atoms with van der Waals surface area (Å²) in [5.41, 5.74) is 2.44. The number of hydrogen-bond acceptors (Lipinski definition) is 2. The van der Waals surface area contributed by atoms with Crippen LogP contribution in [-0.4, -0.2) is 0 Å². The molecule has 0 radical (unpaired) electrons. The summed E-state index contributed by atoms with van der Waals surface area (Å²) in [5, 5.41) is 0.589. The highest BCUT2D eigenvalue weighted by Gasteiger charge is 2.09. The van der Waals surface area contributed by atoms with Crippen molar-refractivity contribution < 1.29 is 4.42 Å². The van der Waals surface area contributed by atoms with Crippen molar-refractivity contribution >= 4 is 42.8 Å². The quantitative estimate of drug-likeness (QED) is 0.556. The Morgan fingerprint density at radius 1 is 0.950 bits per heavy atom. The molecule has 0 spiro atoms. The Hall–Kier alpha value is -1.39. The van der Waals surface area contributed by atoms with Crippen molar-refractivity contribution in [3.8, 4) is 11.3 Å². The molecule has 3 aromatic rings. The molecule has 0 N–H and O–H groups in total. The molecular formula is C16H10Br2O2. The molecule has 3 rings (SSSR count). The minimum Gasteiger partial charge on any atom is -0.456 e. The van der Waals surface area contributed by atoms with Gasteiger partial charge in [0.25, 0.3) is 0 Å². The van der Waals surface area contributed by atoms with Crippen LogP contribution in [0.4, 0.5) is 0 Å². The van der Waals surface area contributed by atoms with Crippen LogP contribution in [0.1, 0.15) is 9.30 Å². The highest BCUT2D eigenvalue weighted by Crippen LogP contribution is 2.31. The lowest BCUT2D eigenvalue weighted by Gasteiger charge is -2.06. The first kappa shape index (κ1) is 13.6. The summed E-state index contributed by atoms with van der Waals surface area (Å²) in [5.74, 6) is 0.588. The Morgan fingerprint density at radius 2 is 1.70 bits per heavy atom. The van der Waals surface area contributed by atoms with E-state index in [1.165, 1.54) is 0 Å². The molecule has 100 valence electrons. The molecule has 0 aliphatic rings. The van der Waals surface area contributed by atoms with Gasteiger partial charge in [0, 0.05) is 11.6 Å². The molecule has 2 aromatic carbocycles. The van der Waals surface area contributed by atoms with Crippen molar-refractivity contribution in [3.05, 3.63) is 70.4 Å². The maximum absolute atomic E-state index is 12.3. The number of benzene rings is 2. The van der Waals surface area contributed by atoms with Gasteiger partial charge in [-0.2, -0.15) is 0 Å². The Bertz CT molecular complexity index is 808. The minimum atomic E-state index is -0.0346. The Balaban J connectivity index is 2.21. The summed E-state index contributed by atoms with van der Waals surface area (Å²) in [4.78, 5) is 12.3. The zero-order valence-electron chi connectivity index (χ0n) is 10.3. The second-order valence-corrected chi connectivity index (χ2v) is 7.46. The van der Waals surface area contributed by atoms with E-state index in [4.69, 9.17) is 4.42 Å². The van der Waals surface area contributed by atoms with Crippen molar-refractivity contribution in [1.82, 2.24) is 0 Å². The summed E-state index contributed by atoms with van der Waals surface area (Å²) in [7, 11) is 0. The van der Waals surface area contributed by atoms with Crippen LogP contribution >= 0.6 is 31.9 Å². The van der Waals surface area contributed by atoms with Crippen molar-refractivity contribution in [1.29, 1.82) is 0 Å².